The van der Waals surface area contributed by atoms with Crippen molar-refractivity contribution in [3.8, 4) is 0 Å². The Morgan fingerprint density at radius 1 is 1.00 bits per heavy atom. The number of likely N-dealkylation sites (N-methyl/N-ethyl adjacent to an activating group) is 1. The number of rotatable bonds is 0. The van der Waals surface area contributed by atoms with Crippen molar-refractivity contribution in [2.75, 3.05) is 31.5 Å². The first kappa shape index (κ1) is 9.19. The molecule has 20 heavy (non-hydrogen) atoms. The van der Waals surface area contributed by atoms with Crippen LogP contribution in [0.5, 0.6) is 0 Å². The van der Waals surface area contributed by atoms with Crippen molar-refractivity contribution in [1.82, 2.24) is 4.90 Å². The summed E-state index contributed by atoms with van der Waals surface area (Å²) in [6.07, 6.45) is 0.910. The van der Waals surface area contributed by atoms with Crippen LogP contribution in [0.1, 0.15) is 26.8 Å². The molecule has 1 fully saturated rings. The zero-order valence-electron chi connectivity index (χ0n) is 14.4. The van der Waals surface area contributed by atoms with E-state index in [-0.39, 0.29) is 6.04 Å². The summed E-state index contributed by atoms with van der Waals surface area (Å²) in [7, 11) is 0. The fourth-order valence-electron chi connectivity index (χ4n) is 3.50. The van der Waals surface area contributed by atoms with Gasteiger partial charge in [0.2, 0.25) is 0 Å². The maximum Gasteiger partial charge on any atom is 0.0672 e. The third-order valence-corrected chi connectivity index (χ3v) is 4.48. The Bertz CT molecular complexity index is 726. The van der Waals surface area contributed by atoms with E-state index in [1.54, 1.807) is 4.90 Å². The number of fused-ring (bicyclic) bond motifs is 5. The van der Waals surface area contributed by atoms with E-state index in [2.05, 4.69) is 53.4 Å². The molecule has 1 saturated heterocycles. The third kappa shape index (κ3) is 1.83. The second-order valence-corrected chi connectivity index (χ2v) is 5.66. The van der Waals surface area contributed by atoms with Crippen molar-refractivity contribution in [3.63, 3.8) is 0 Å². The highest BCUT2D eigenvalue weighted by atomic mass is 15.3. The molecule has 0 N–H and O–H groups in total. The van der Waals surface area contributed by atoms with Crippen molar-refractivity contribution < 1.29 is 4.11 Å². The Balaban J connectivity index is 1.82. The standard InChI is InChI=1S/C18H20N2/c1-19-10-11-20-17-9-5-3-7-15(17)12-14-6-2-4-8-16(14)18(20)13-19/h2-9,18H,10-13H2,1H3/i1D3. The fourth-order valence-corrected chi connectivity index (χ4v) is 3.50. The van der Waals surface area contributed by atoms with Gasteiger partial charge in [0, 0.05) is 29.4 Å². The van der Waals surface area contributed by atoms with Crippen LogP contribution >= 0.6 is 0 Å². The molecule has 0 radical (unpaired) electrons. The fraction of sp³-hybridized carbons (Fsp3) is 0.333. The molecule has 2 heteroatoms. The molecule has 0 amide bonds. The molecule has 2 heterocycles. The van der Waals surface area contributed by atoms with Crippen LogP contribution in [0.25, 0.3) is 0 Å². The Morgan fingerprint density at radius 2 is 1.80 bits per heavy atom. The minimum absolute atomic E-state index is 0.101. The minimum Gasteiger partial charge on any atom is -0.362 e. The van der Waals surface area contributed by atoms with E-state index < -0.39 is 6.98 Å². The van der Waals surface area contributed by atoms with Gasteiger partial charge in [-0.2, -0.15) is 0 Å². The molecule has 1 unspecified atom stereocenters. The summed E-state index contributed by atoms with van der Waals surface area (Å²) in [4.78, 5) is 4.03. The van der Waals surface area contributed by atoms with Crippen LogP contribution < -0.4 is 4.90 Å². The SMILES string of the molecule is [2H]C([2H])([2H])N1CCN2c3ccccc3Cc3ccccc3C2C1. The van der Waals surface area contributed by atoms with Gasteiger partial charge in [0.05, 0.1) is 6.04 Å². The monoisotopic (exact) mass is 267 g/mol. The first-order valence-corrected chi connectivity index (χ1v) is 7.21. The predicted octanol–water partition coefficient (Wildman–Crippen LogP) is 3.08. The van der Waals surface area contributed by atoms with Crippen molar-refractivity contribution in [2.24, 2.45) is 0 Å². The molecule has 0 aliphatic carbocycles. The molecular formula is C18H20N2. The van der Waals surface area contributed by atoms with Crippen molar-refractivity contribution in [2.45, 2.75) is 12.5 Å². The zero-order chi connectivity index (χ0) is 16.0. The highest BCUT2D eigenvalue weighted by Gasteiger charge is 2.31. The van der Waals surface area contributed by atoms with Gasteiger partial charge in [-0.25, -0.2) is 0 Å². The summed E-state index contributed by atoms with van der Waals surface area (Å²) in [5, 5.41) is 0. The Hall–Kier alpha value is -1.80. The van der Waals surface area contributed by atoms with E-state index in [0.717, 1.165) is 13.0 Å². The molecule has 2 aromatic carbocycles. The van der Waals surface area contributed by atoms with Gasteiger partial charge < -0.3 is 9.80 Å². The molecule has 0 aromatic heterocycles. The number of anilines is 1. The second-order valence-electron chi connectivity index (χ2n) is 5.66. The molecule has 2 aliphatic rings. The smallest absolute Gasteiger partial charge is 0.0672 e. The maximum atomic E-state index is 7.76. The number of para-hydroxylation sites is 1. The highest BCUT2D eigenvalue weighted by Crippen LogP contribution is 2.38. The summed E-state index contributed by atoms with van der Waals surface area (Å²) in [6, 6.07) is 17.1. The number of hydrogen-bond donors (Lipinski definition) is 0. The van der Waals surface area contributed by atoms with Gasteiger partial charge in [-0.15, -0.1) is 0 Å². The van der Waals surface area contributed by atoms with E-state index in [0.29, 0.717) is 13.1 Å². The van der Waals surface area contributed by atoms with Gasteiger partial charge in [-0.1, -0.05) is 42.5 Å². The summed E-state index contributed by atoms with van der Waals surface area (Å²) in [5.41, 5.74) is 5.14. The van der Waals surface area contributed by atoms with Crippen LogP contribution in [0.15, 0.2) is 48.5 Å². The average Bonchev–Trinajstić information content (AvgIpc) is 2.68. The predicted molar refractivity (Wildman–Crippen MR) is 83.3 cm³/mol. The summed E-state index contributed by atoms with van der Waals surface area (Å²) < 4.78 is 23.3. The van der Waals surface area contributed by atoms with Crippen LogP contribution in [0.2, 0.25) is 0 Å². The lowest BCUT2D eigenvalue weighted by molar-refractivity contribution is 0.269. The Kier molecular flexibility index (Phi) is 2.13. The molecular weight excluding hydrogens is 244 g/mol. The summed E-state index contributed by atoms with van der Waals surface area (Å²) in [6.45, 7) is -0.160. The van der Waals surface area contributed by atoms with Gasteiger partial charge in [0.25, 0.3) is 0 Å². The van der Waals surface area contributed by atoms with Gasteiger partial charge >= 0.3 is 0 Å². The van der Waals surface area contributed by atoms with Crippen LogP contribution in [0, 0.1) is 0 Å². The van der Waals surface area contributed by atoms with Crippen LogP contribution in [0.3, 0.4) is 0 Å². The lowest BCUT2D eigenvalue weighted by atomic mass is 9.96. The third-order valence-electron chi connectivity index (χ3n) is 4.48. The first-order chi connectivity index (χ1) is 11.0. The average molecular weight is 267 g/mol. The van der Waals surface area contributed by atoms with Gasteiger partial charge in [-0.3, -0.25) is 0 Å². The molecule has 2 nitrogen and oxygen atoms in total. The summed E-state index contributed by atoms with van der Waals surface area (Å²) >= 11 is 0. The molecule has 102 valence electrons. The number of piperazine rings is 1. The molecule has 1 atom stereocenters. The lowest BCUT2D eigenvalue weighted by Gasteiger charge is -2.41. The van der Waals surface area contributed by atoms with Gasteiger partial charge in [0.1, 0.15) is 0 Å². The first-order valence-electron chi connectivity index (χ1n) is 8.71. The van der Waals surface area contributed by atoms with Gasteiger partial charge in [0.15, 0.2) is 0 Å². The molecule has 2 aromatic rings. The molecule has 0 spiro atoms. The van der Waals surface area contributed by atoms with Gasteiger partial charge in [-0.05, 0) is 36.2 Å². The number of hydrogen-bond acceptors (Lipinski definition) is 2. The van der Waals surface area contributed by atoms with E-state index in [1.165, 1.54) is 22.4 Å². The van der Waals surface area contributed by atoms with Crippen LogP contribution in [-0.2, 0) is 6.42 Å². The van der Waals surface area contributed by atoms with Crippen molar-refractivity contribution >= 4 is 5.69 Å². The second kappa shape index (κ2) is 4.64. The largest absolute Gasteiger partial charge is 0.362 e. The molecule has 2 aliphatic heterocycles. The maximum absolute atomic E-state index is 7.76. The number of benzene rings is 2. The topological polar surface area (TPSA) is 6.48 Å². The highest BCUT2D eigenvalue weighted by molar-refractivity contribution is 5.60. The minimum atomic E-state index is -2.02. The molecule has 0 bridgehead atoms. The van der Waals surface area contributed by atoms with E-state index in [9.17, 15) is 0 Å². The molecule has 4 rings (SSSR count). The van der Waals surface area contributed by atoms with Crippen LogP contribution in [0.4, 0.5) is 5.69 Å². The Morgan fingerprint density at radius 3 is 2.70 bits per heavy atom. The lowest BCUT2D eigenvalue weighted by Crippen LogP contribution is -2.46. The number of nitrogens with zero attached hydrogens (tertiary/aromatic N) is 2. The normalized spacial score (nSPS) is 24.5. The molecule has 0 saturated carbocycles. The quantitative estimate of drug-likeness (QED) is 0.724. The van der Waals surface area contributed by atoms with E-state index in [1.807, 2.05) is 0 Å². The van der Waals surface area contributed by atoms with Crippen LogP contribution in [-0.4, -0.2) is 31.5 Å². The van der Waals surface area contributed by atoms with E-state index in [4.69, 9.17) is 4.11 Å². The van der Waals surface area contributed by atoms with E-state index >= 15 is 0 Å². The van der Waals surface area contributed by atoms with Crippen molar-refractivity contribution in [1.29, 1.82) is 0 Å². The zero-order valence-corrected chi connectivity index (χ0v) is 11.4. The van der Waals surface area contributed by atoms with Crippen molar-refractivity contribution in [3.05, 3.63) is 65.2 Å². The Labute approximate surface area is 124 Å². The summed E-state index contributed by atoms with van der Waals surface area (Å²) in [5.74, 6) is 0.